The fourth-order valence-electron chi connectivity index (χ4n) is 3.64. The third kappa shape index (κ3) is 6.02. The SMILES string of the molecule is CC(NC(=O)c1ccc(CBr)cc1N(c1nsnc1Cc1ccccc1)S(=O)[O-])c1ccccc1. The van der Waals surface area contributed by atoms with E-state index in [-0.39, 0.29) is 29.0 Å². The number of rotatable bonds is 9. The van der Waals surface area contributed by atoms with Crippen LogP contribution >= 0.6 is 27.7 Å². The maximum absolute atomic E-state index is 13.3. The van der Waals surface area contributed by atoms with Gasteiger partial charge in [-0.25, -0.2) is 0 Å². The summed E-state index contributed by atoms with van der Waals surface area (Å²) in [4.78, 5) is 13.3. The van der Waals surface area contributed by atoms with Crippen molar-refractivity contribution >= 4 is 56.3 Å². The molecule has 4 rings (SSSR count). The van der Waals surface area contributed by atoms with Gasteiger partial charge in [-0.2, -0.15) is 8.75 Å². The van der Waals surface area contributed by atoms with Crippen LogP contribution in [0.25, 0.3) is 0 Å². The summed E-state index contributed by atoms with van der Waals surface area (Å²) in [5.74, 6) is -0.204. The highest BCUT2D eigenvalue weighted by Gasteiger charge is 2.25. The Morgan fingerprint density at radius 2 is 1.74 bits per heavy atom. The van der Waals surface area contributed by atoms with Crippen LogP contribution in [0.3, 0.4) is 0 Å². The van der Waals surface area contributed by atoms with E-state index in [0.29, 0.717) is 17.4 Å². The van der Waals surface area contributed by atoms with Crippen LogP contribution in [0.1, 0.15) is 45.7 Å². The summed E-state index contributed by atoms with van der Waals surface area (Å²) in [6.45, 7) is 1.88. The van der Waals surface area contributed by atoms with E-state index in [4.69, 9.17) is 0 Å². The fourth-order valence-corrected chi connectivity index (χ4v) is 5.19. The van der Waals surface area contributed by atoms with Gasteiger partial charge in [0.2, 0.25) is 0 Å². The summed E-state index contributed by atoms with van der Waals surface area (Å²) in [6, 6.07) is 24.0. The van der Waals surface area contributed by atoms with Crippen LogP contribution in [-0.2, 0) is 23.0 Å². The Labute approximate surface area is 219 Å². The molecule has 35 heavy (non-hydrogen) atoms. The topological polar surface area (TPSA) is 98.2 Å². The number of hydrogen-bond acceptors (Lipinski definition) is 6. The van der Waals surface area contributed by atoms with Gasteiger partial charge >= 0.3 is 0 Å². The van der Waals surface area contributed by atoms with Gasteiger partial charge in [0.1, 0.15) is 5.69 Å². The molecule has 7 nitrogen and oxygen atoms in total. The maximum atomic E-state index is 13.3. The lowest BCUT2D eigenvalue weighted by molar-refractivity contribution is 0.0940. The molecule has 1 heterocycles. The van der Waals surface area contributed by atoms with Gasteiger partial charge in [-0.05, 0) is 35.7 Å². The minimum Gasteiger partial charge on any atom is -0.755 e. The Balaban J connectivity index is 1.72. The van der Waals surface area contributed by atoms with Crippen molar-refractivity contribution in [1.29, 1.82) is 0 Å². The number of anilines is 2. The molecule has 0 fully saturated rings. The molecule has 0 bridgehead atoms. The van der Waals surface area contributed by atoms with Crippen LogP contribution in [0.15, 0.2) is 78.9 Å². The molecule has 0 aliphatic rings. The number of hydrogen-bond donors (Lipinski definition) is 1. The van der Waals surface area contributed by atoms with E-state index in [0.717, 1.165) is 32.7 Å². The Morgan fingerprint density at radius 1 is 1.06 bits per heavy atom. The Hall–Kier alpha value is -2.92. The van der Waals surface area contributed by atoms with Crippen molar-refractivity contribution in [2.24, 2.45) is 0 Å². The lowest BCUT2D eigenvalue weighted by Gasteiger charge is -2.27. The van der Waals surface area contributed by atoms with E-state index in [1.807, 2.05) is 67.6 Å². The van der Waals surface area contributed by atoms with E-state index in [1.54, 1.807) is 18.2 Å². The van der Waals surface area contributed by atoms with Crippen molar-refractivity contribution in [2.45, 2.75) is 24.7 Å². The van der Waals surface area contributed by atoms with Crippen molar-refractivity contribution in [1.82, 2.24) is 14.1 Å². The molecule has 180 valence electrons. The van der Waals surface area contributed by atoms with E-state index >= 15 is 0 Å². The normalized spacial score (nSPS) is 12.7. The second-order valence-electron chi connectivity index (χ2n) is 7.80. The molecule has 1 aromatic heterocycles. The highest BCUT2D eigenvalue weighted by molar-refractivity contribution is 9.08. The largest absolute Gasteiger partial charge is 0.755 e. The monoisotopic (exact) mass is 569 g/mol. The lowest BCUT2D eigenvalue weighted by atomic mass is 10.1. The van der Waals surface area contributed by atoms with Crippen molar-refractivity contribution in [3.63, 3.8) is 0 Å². The number of carbonyl (C=O) groups excluding carboxylic acids is 1. The molecule has 0 aliphatic heterocycles. The number of benzene rings is 3. The number of amides is 1. The summed E-state index contributed by atoms with van der Waals surface area (Å²) in [5, 5.41) is 3.47. The molecule has 0 spiro atoms. The fraction of sp³-hybridized carbons (Fsp3) is 0.160. The van der Waals surface area contributed by atoms with Crippen LogP contribution < -0.4 is 9.62 Å². The summed E-state index contributed by atoms with van der Waals surface area (Å²) >= 11 is 1.61. The molecule has 3 aromatic carbocycles. The molecule has 0 radical (unpaired) electrons. The standard InChI is InChI=1S/C25H23BrN4O3S2/c1-17(20-10-6-3-7-11-20)27-25(31)21-13-12-19(16-26)15-23(21)30(35(32)33)24-22(28-34-29-24)14-18-8-4-2-5-9-18/h2-13,15,17H,14,16H2,1H3,(H,27,31)(H,32,33)/p-1. The van der Waals surface area contributed by atoms with Gasteiger partial charge in [-0.1, -0.05) is 82.7 Å². The average Bonchev–Trinajstić information content (AvgIpc) is 3.32. The van der Waals surface area contributed by atoms with Crippen LogP contribution in [0.2, 0.25) is 0 Å². The molecule has 2 unspecified atom stereocenters. The number of halogens is 1. The molecule has 10 heteroatoms. The van der Waals surface area contributed by atoms with Crippen LogP contribution in [0, 0.1) is 0 Å². The van der Waals surface area contributed by atoms with Crippen molar-refractivity contribution in [2.75, 3.05) is 4.31 Å². The predicted molar refractivity (Wildman–Crippen MR) is 142 cm³/mol. The number of nitrogens with one attached hydrogen (secondary N) is 1. The Kier molecular flexibility index (Phi) is 8.40. The minimum absolute atomic E-state index is 0.184. The van der Waals surface area contributed by atoms with Gasteiger partial charge in [0.05, 0.1) is 40.3 Å². The molecule has 4 aromatic rings. The van der Waals surface area contributed by atoms with Crippen LogP contribution in [-0.4, -0.2) is 23.4 Å². The second kappa shape index (κ2) is 11.7. The van der Waals surface area contributed by atoms with Gasteiger partial charge in [-0.3, -0.25) is 13.3 Å². The van der Waals surface area contributed by atoms with Gasteiger partial charge in [0.15, 0.2) is 5.82 Å². The number of aromatic nitrogens is 2. The third-order valence-electron chi connectivity index (χ3n) is 5.42. The average molecular weight is 571 g/mol. The van der Waals surface area contributed by atoms with Crippen LogP contribution in [0.5, 0.6) is 0 Å². The molecule has 1 amide bonds. The third-order valence-corrected chi connectivity index (χ3v) is 7.29. The van der Waals surface area contributed by atoms with E-state index < -0.39 is 11.3 Å². The molecular formula is C25H22BrN4O3S2-. The Bertz CT molecular complexity index is 1320. The summed E-state index contributed by atoms with van der Waals surface area (Å²) in [6.07, 6.45) is 0.408. The highest BCUT2D eigenvalue weighted by atomic mass is 79.9. The van der Waals surface area contributed by atoms with Crippen LogP contribution in [0.4, 0.5) is 11.5 Å². The van der Waals surface area contributed by atoms with Crippen molar-refractivity contribution in [3.05, 3.63) is 107 Å². The minimum atomic E-state index is -2.75. The number of nitrogens with zero attached hydrogens (tertiary/aromatic N) is 3. The van der Waals surface area contributed by atoms with Gasteiger partial charge in [0, 0.05) is 11.8 Å². The van der Waals surface area contributed by atoms with Crippen molar-refractivity contribution < 1.29 is 13.6 Å². The Morgan fingerprint density at radius 3 is 2.40 bits per heavy atom. The molecule has 1 N–H and O–H groups in total. The smallest absolute Gasteiger partial charge is 0.253 e. The highest BCUT2D eigenvalue weighted by Crippen LogP contribution is 2.34. The maximum Gasteiger partial charge on any atom is 0.253 e. The summed E-state index contributed by atoms with van der Waals surface area (Å²) < 4.78 is 34.8. The quantitative estimate of drug-likeness (QED) is 0.213. The van der Waals surface area contributed by atoms with Crippen molar-refractivity contribution in [3.8, 4) is 0 Å². The second-order valence-corrected chi connectivity index (χ2v) is 9.69. The first-order valence-corrected chi connectivity index (χ1v) is 13.7. The van der Waals surface area contributed by atoms with Gasteiger partial charge in [0.25, 0.3) is 5.91 Å². The molecule has 0 aliphatic carbocycles. The zero-order valence-electron chi connectivity index (χ0n) is 18.8. The zero-order chi connectivity index (χ0) is 24.8. The first kappa shape index (κ1) is 25.2. The lowest BCUT2D eigenvalue weighted by Crippen LogP contribution is -2.30. The first-order chi connectivity index (χ1) is 17.0. The van der Waals surface area contributed by atoms with E-state index in [2.05, 4.69) is 30.0 Å². The molecule has 2 atom stereocenters. The zero-order valence-corrected chi connectivity index (χ0v) is 22.0. The number of carbonyl (C=O) groups is 1. The van der Waals surface area contributed by atoms with Gasteiger partial charge in [-0.15, -0.1) is 0 Å². The van der Waals surface area contributed by atoms with Gasteiger partial charge < -0.3 is 9.87 Å². The summed E-state index contributed by atoms with van der Waals surface area (Å²) in [7, 11) is 0. The molecular weight excluding hydrogens is 548 g/mol. The van der Waals surface area contributed by atoms with E-state index in [9.17, 15) is 13.6 Å². The van der Waals surface area contributed by atoms with E-state index in [1.165, 1.54) is 0 Å². The molecule has 0 saturated heterocycles. The first-order valence-electron chi connectivity index (χ1n) is 10.8. The number of alkyl halides is 1. The predicted octanol–water partition coefficient (Wildman–Crippen LogP) is 5.45. The molecule has 0 saturated carbocycles. The summed E-state index contributed by atoms with van der Waals surface area (Å²) in [5.41, 5.74) is 3.68.